The highest BCUT2D eigenvalue weighted by Crippen LogP contribution is 2.29. The molecule has 1 amide bonds. The van der Waals surface area contributed by atoms with Crippen molar-refractivity contribution in [2.24, 2.45) is 0 Å². The first-order valence-corrected chi connectivity index (χ1v) is 8.21. The summed E-state index contributed by atoms with van der Waals surface area (Å²) in [6.07, 6.45) is 0. The lowest BCUT2D eigenvalue weighted by Crippen LogP contribution is -2.12. The summed E-state index contributed by atoms with van der Waals surface area (Å²) in [6, 6.07) is 9.75. The fourth-order valence-electron chi connectivity index (χ4n) is 2.23. The second-order valence-electron chi connectivity index (χ2n) is 5.14. The average Bonchev–Trinajstić information content (AvgIpc) is 3.10. The normalized spacial score (nSPS) is 10.4. The molecule has 0 unspecified atom stereocenters. The van der Waals surface area contributed by atoms with Crippen LogP contribution >= 0.6 is 11.3 Å². The zero-order valence-electron chi connectivity index (χ0n) is 13.4. The molecular weight excluding hydrogens is 361 g/mol. The number of methoxy groups -OCH3 is 1. The van der Waals surface area contributed by atoms with Crippen LogP contribution < -0.4 is 10.1 Å². The fraction of sp³-hybridized carbons (Fsp3) is 0.0588. The van der Waals surface area contributed by atoms with E-state index in [2.05, 4.69) is 10.3 Å². The fourth-order valence-corrected chi connectivity index (χ4v) is 2.94. The Hall–Kier alpha value is -3.33. The number of amides is 1. The smallest absolute Gasteiger partial charge is 0.311 e. The third-order valence-corrected chi connectivity index (χ3v) is 4.26. The lowest BCUT2D eigenvalue weighted by Gasteiger charge is -2.05. The molecule has 9 heteroatoms. The summed E-state index contributed by atoms with van der Waals surface area (Å²) in [4.78, 5) is 27.0. The summed E-state index contributed by atoms with van der Waals surface area (Å²) in [7, 11) is 1.31. The van der Waals surface area contributed by atoms with E-state index in [1.54, 1.807) is 17.5 Å². The topological polar surface area (TPSA) is 94.4 Å². The van der Waals surface area contributed by atoms with E-state index in [-0.39, 0.29) is 22.8 Å². The number of carbonyl (C=O) groups is 1. The predicted molar refractivity (Wildman–Crippen MR) is 95.1 cm³/mol. The number of nitro groups is 1. The van der Waals surface area contributed by atoms with E-state index >= 15 is 0 Å². The molecule has 26 heavy (non-hydrogen) atoms. The molecule has 0 spiro atoms. The average molecular weight is 373 g/mol. The number of hydrogen-bond donors (Lipinski definition) is 1. The molecule has 1 heterocycles. The number of halogens is 1. The zero-order valence-corrected chi connectivity index (χ0v) is 14.2. The van der Waals surface area contributed by atoms with Gasteiger partial charge < -0.3 is 4.74 Å². The molecule has 0 radical (unpaired) electrons. The monoisotopic (exact) mass is 373 g/mol. The molecule has 0 aliphatic heterocycles. The predicted octanol–water partition coefficient (Wildman–Crippen LogP) is 4.12. The summed E-state index contributed by atoms with van der Waals surface area (Å²) < 4.78 is 17.9. The van der Waals surface area contributed by atoms with E-state index in [9.17, 15) is 19.3 Å². The second kappa shape index (κ2) is 7.28. The van der Waals surface area contributed by atoms with Crippen molar-refractivity contribution < 1.29 is 18.8 Å². The Balaban J connectivity index is 1.79. The Morgan fingerprint density at radius 3 is 2.65 bits per heavy atom. The summed E-state index contributed by atoms with van der Waals surface area (Å²) in [5.74, 6) is -0.811. The van der Waals surface area contributed by atoms with Crippen molar-refractivity contribution >= 4 is 28.1 Å². The van der Waals surface area contributed by atoms with Gasteiger partial charge in [0.15, 0.2) is 10.9 Å². The third-order valence-electron chi connectivity index (χ3n) is 3.50. The number of carbonyl (C=O) groups excluding carboxylic acids is 1. The van der Waals surface area contributed by atoms with Crippen LogP contribution in [0.5, 0.6) is 5.75 Å². The molecule has 0 fully saturated rings. The van der Waals surface area contributed by atoms with Gasteiger partial charge in [-0.05, 0) is 36.4 Å². The van der Waals surface area contributed by atoms with Gasteiger partial charge in [0, 0.05) is 22.6 Å². The van der Waals surface area contributed by atoms with Crippen molar-refractivity contribution in [3.05, 3.63) is 69.3 Å². The van der Waals surface area contributed by atoms with Crippen LogP contribution in [0.4, 0.5) is 15.2 Å². The highest BCUT2D eigenvalue weighted by molar-refractivity contribution is 7.14. The van der Waals surface area contributed by atoms with Crippen molar-refractivity contribution in [2.45, 2.75) is 0 Å². The molecule has 2 aromatic carbocycles. The van der Waals surface area contributed by atoms with E-state index in [0.29, 0.717) is 16.4 Å². The largest absolute Gasteiger partial charge is 0.490 e. The van der Waals surface area contributed by atoms with Crippen LogP contribution in [0.1, 0.15) is 10.4 Å². The van der Waals surface area contributed by atoms with Crippen LogP contribution in [-0.2, 0) is 0 Å². The number of nitrogens with zero attached hydrogens (tertiary/aromatic N) is 2. The Morgan fingerprint density at radius 1 is 1.27 bits per heavy atom. The molecule has 0 saturated heterocycles. The SMILES string of the molecule is COc1ccc(C(=O)Nc2nc(-c3ccc(F)cc3)cs2)cc1[N+](=O)[O-]. The Kier molecular flexibility index (Phi) is 4.90. The van der Waals surface area contributed by atoms with Gasteiger partial charge in [-0.25, -0.2) is 9.37 Å². The standard InChI is InChI=1S/C17H12FN3O4S/c1-25-15-7-4-11(8-14(15)21(23)24)16(22)20-17-19-13(9-26-17)10-2-5-12(18)6-3-10/h2-9H,1H3,(H,19,20,22). The minimum atomic E-state index is -0.619. The molecule has 1 aromatic heterocycles. The molecule has 0 aliphatic carbocycles. The minimum absolute atomic E-state index is 0.0689. The maximum Gasteiger partial charge on any atom is 0.311 e. The Labute approximate surface area is 151 Å². The number of hydrogen-bond acceptors (Lipinski definition) is 6. The van der Waals surface area contributed by atoms with Crippen LogP contribution in [0.3, 0.4) is 0 Å². The first-order valence-electron chi connectivity index (χ1n) is 7.33. The van der Waals surface area contributed by atoms with Gasteiger partial charge in [0.1, 0.15) is 5.82 Å². The number of aromatic nitrogens is 1. The van der Waals surface area contributed by atoms with Crippen LogP contribution in [0.2, 0.25) is 0 Å². The van der Waals surface area contributed by atoms with Crippen molar-refractivity contribution in [3.63, 3.8) is 0 Å². The van der Waals surface area contributed by atoms with E-state index in [4.69, 9.17) is 4.74 Å². The van der Waals surface area contributed by atoms with Gasteiger partial charge >= 0.3 is 5.69 Å². The lowest BCUT2D eigenvalue weighted by atomic mass is 10.1. The lowest BCUT2D eigenvalue weighted by molar-refractivity contribution is -0.385. The molecule has 0 bridgehead atoms. The van der Waals surface area contributed by atoms with Gasteiger partial charge in [-0.2, -0.15) is 0 Å². The molecule has 0 atom stereocenters. The van der Waals surface area contributed by atoms with E-state index < -0.39 is 10.8 Å². The van der Waals surface area contributed by atoms with Crippen LogP contribution in [0, 0.1) is 15.9 Å². The molecule has 132 valence electrons. The van der Waals surface area contributed by atoms with Crippen LogP contribution in [-0.4, -0.2) is 22.9 Å². The van der Waals surface area contributed by atoms with Crippen molar-refractivity contribution in [2.75, 3.05) is 12.4 Å². The first kappa shape index (κ1) is 17.5. The minimum Gasteiger partial charge on any atom is -0.490 e. The number of ether oxygens (including phenoxy) is 1. The highest BCUT2D eigenvalue weighted by atomic mass is 32.1. The van der Waals surface area contributed by atoms with Gasteiger partial charge in [0.25, 0.3) is 5.91 Å². The summed E-state index contributed by atoms with van der Waals surface area (Å²) in [5, 5.41) is 15.7. The summed E-state index contributed by atoms with van der Waals surface area (Å²) in [5.41, 5.74) is 1.11. The molecule has 0 saturated carbocycles. The van der Waals surface area contributed by atoms with E-state index in [1.807, 2.05) is 0 Å². The number of nitro benzene ring substituents is 1. The van der Waals surface area contributed by atoms with E-state index in [1.165, 1.54) is 42.7 Å². The maximum atomic E-state index is 13.0. The van der Waals surface area contributed by atoms with Crippen molar-refractivity contribution in [1.29, 1.82) is 0 Å². The van der Waals surface area contributed by atoms with E-state index in [0.717, 1.165) is 6.07 Å². The summed E-state index contributed by atoms with van der Waals surface area (Å²) in [6.45, 7) is 0. The number of benzene rings is 2. The van der Waals surface area contributed by atoms with Gasteiger partial charge in [-0.1, -0.05) is 0 Å². The molecule has 1 N–H and O–H groups in total. The molecule has 7 nitrogen and oxygen atoms in total. The quantitative estimate of drug-likeness (QED) is 0.536. The highest BCUT2D eigenvalue weighted by Gasteiger charge is 2.19. The number of thiazole rings is 1. The van der Waals surface area contributed by atoms with Gasteiger partial charge in [-0.3, -0.25) is 20.2 Å². The number of rotatable bonds is 5. The number of nitrogens with one attached hydrogen (secondary N) is 1. The van der Waals surface area contributed by atoms with Gasteiger partial charge in [0.05, 0.1) is 17.7 Å². The van der Waals surface area contributed by atoms with Gasteiger partial charge in [-0.15, -0.1) is 11.3 Å². The summed E-state index contributed by atoms with van der Waals surface area (Å²) >= 11 is 1.19. The van der Waals surface area contributed by atoms with Gasteiger partial charge in [0.2, 0.25) is 0 Å². The molecule has 0 aliphatic rings. The molecular formula is C17H12FN3O4S. The van der Waals surface area contributed by atoms with Crippen molar-refractivity contribution in [1.82, 2.24) is 4.98 Å². The number of anilines is 1. The van der Waals surface area contributed by atoms with Crippen LogP contribution in [0.25, 0.3) is 11.3 Å². The maximum absolute atomic E-state index is 13.0. The second-order valence-corrected chi connectivity index (χ2v) is 6.00. The first-order chi connectivity index (χ1) is 12.5. The van der Waals surface area contributed by atoms with Crippen LogP contribution in [0.15, 0.2) is 47.8 Å². The molecule has 3 aromatic rings. The third kappa shape index (κ3) is 3.67. The zero-order chi connectivity index (χ0) is 18.7. The molecule has 3 rings (SSSR count). The van der Waals surface area contributed by atoms with Crippen molar-refractivity contribution in [3.8, 4) is 17.0 Å². The Bertz CT molecular complexity index is 972. The Morgan fingerprint density at radius 2 is 2.00 bits per heavy atom.